The van der Waals surface area contributed by atoms with Gasteiger partial charge in [0.1, 0.15) is 11.6 Å². The highest BCUT2D eigenvalue weighted by Gasteiger charge is 2.24. The van der Waals surface area contributed by atoms with Gasteiger partial charge in [-0.05, 0) is 42.8 Å². The van der Waals surface area contributed by atoms with E-state index in [0.29, 0.717) is 24.2 Å². The van der Waals surface area contributed by atoms with E-state index in [1.165, 1.54) is 6.07 Å². The van der Waals surface area contributed by atoms with Crippen LogP contribution in [0.2, 0.25) is 0 Å². The van der Waals surface area contributed by atoms with Crippen LogP contribution in [0.1, 0.15) is 33.9 Å². The zero-order valence-electron chi connectivity index (χ0n) is 12.0. The average molecular weight is 364 g/mol. The van der Waals surface area contributed by atoms with Gasteiger partial charge in [0.05, 0.1) is 12.6 Å². The normalized spacial score (nSPS) is 16.6. The Morgan fingerprint density at radius 3 is 2.91 bits per heavy atom. The summed E-state index contributed by atoms with van der Waals surface area (Å²) in [6, 6.07) is 10.1. The Morgan fingerprint density at radius 2 is 2.14 bits per heavy atom. The van der Waals surface area contributed by atoms with E-state index < -0.39 is 0 Å². The highest BCUT2D eigenvalue weighted by molar-refractivity contribution is 9.10. The van der Waals surface area contributed by atoms with Gasteiger partial charge in [0.25, 0.3) is 5.91 Å². The first-order chi connectivity index (χ1) is 10.5. The van der Waals surface area contributed by atoms with Gasteiger partial charge in [-0.1, -0.05) is 22.0 Å². The van der Waals surface area contributed by atoms with Crippen molar-refractivity contribution in [2.45, 2.75) is 19.4 Å². The smallest absolute Gasteiger partial charge is 0.251 e. The molecule has 5 heteroatoms. The van der Waals surface area contributed by atoms with Crippen LogP contribution in [-0.2, 0) is 0 Å². The third-order valence-electron chi connectivity index (χ3n) is 3.75. The molecule has 114 valence electrons. The Bertz CT molecular complexity index is 733. The minimum absolute atomic E-state index is 0.141. The summed E-state index contributed by atoms with van der Waals surface area (Å²) >= 11 is 3.43. The summed E-state index contributed by atoms with van der Waals surface area (Å²) in [5, 5.41) is 2.96. The fourth-order valence-electron chi connectivity index (χ4n) is 2.49. The van der Waals surface area contributed by atoms with Gasteiger partial charge in [-0.3, -0.25) is 4.79 Å². The molecule has 0 saturated carbocycles. The maximum absolute atomic E-state index is 13.6. The number of aryl methyl sites for hydroxylation is 1. The summed E-state index contributed by atoms with van der Waals surface area (Å²) in [5.74, 6) is 0.120. The number of carbonyl (C=O) groups is 1. The van der Waals surface area contributed by atoms with Crippen LogP contribution >= 0.6 is 15.9 Å². The van der Waals surface area contributed by atoms with Crippen molar-refractivity contribution in [1.82, 2.24) is 5.32 Å². The van der Waals surface area contributed by atoms with Crippen molar-refractivity contribution in [3.63, 3.8) is 0 Å². The maximum atomic E-state index is 13.6. The molecule has 0 radical (unpaired) electrons. The second-order valence-electron chi connectivity index (χ2n) is 5.31. The second-order valence-corrected chi connectivity index (χ2v) is 6.22. The molecule has 3 rings (SSSR count). The fourth-order valence-corrected chi connectivity index (χ4v) is 2.87. The summed E-state index contributed by atoms with van der Waals surface area (Å²) in [7, 11) is 0. The third-order valence-corrected chi connectivity index (χ3v) is 4.24. The van der Waals surface area contributed by atoms with Crippen LogP contribution in [0, 0.1) is 12.7 Å². The number of ether oxygens (including phenoxy) is 1. The monoisotopic (exact) mass is 363 g/mol. The van der Waals surface area contributed by atoms with Crippen molar-refractivity contribution in [1.29, 1.82) is 0 Å². The fraction of sp³-hybridized carbons (Fsp3) is 0.235. The molecule has 1 aliphatic rings. The van der Waals surface area contributed by atoms with Crippen LogP contribution in [0.5, 0.6) is 5.75 Å². The summed E-state index contributed by atoms with van der Waals surface area (Å²) in [4.78, 5) is 12.3. The molecule has 1 atom stereocenters. The van der Waals surface area contributed by atoms with E-state index in [1.54, 1.807) is 19.1 Å². The Balaban J connectivity index is 1.83. The highest BCUT2D eigenvalue weighted by atomic mass is 79.9. The lowest BCUT2D eigenvalue weighted by molar-refractivity contribution is 0.0924. The molecule has 3 nitrogen and oxygen atoms in total. The summed E-state index contributed by atoms with van der Waals surface area (Å²) in [5.41, 5.74) is 1.78. The SMILES string of the molecule is Cc1ccc(C(=O)NC2CCOc3ccc(Br)cc32)cc1F. The maximum Gasteiger partial charge on any atom is 0.251 e. The van der Waals surface area contributed by atoms with E-state index in [1.807, 2.05) is 18.2 Å². The van der Waals surface area contributed by atoms with Crippen molar-refractivity contribution >= 4 is 21.8 Å². The van der Waals surface area contributed by atoms with Gasteiger partial charge < -0.3 is 10.1 Å². The van der Waals surface area contributed by atoms with E-state index in [4.69, 9.17) is 4.74 Å². The lowest BCUT2D eigenvalue weighted by atomic mass is 10.00. The first kappa shape index (κ1) is 15.0. The second kappa shape index (κ2) is 6.08. The van der Waals surface area contributed by atoms with Crippen LogP contribution < -0.4 is 10.1 Å². The van der Waals surface area contributed by atoms with Crippen molar-refractivity contribution in [2.75, 3.05) is 6.61 Å². The van der Waals surface area contributed by atoms with E-state index >= 15 is 0 Å². The molecular weight excluding hydrogens is 349 g/mol. The molecular formula is C17H15BrFNO2. The zero-order valence-corrected chi connectivity index (χ0v) is 13.6. The molecule has 1 unspecified atom stereocenters. The van der Waals surface area contributed by atoms with E-state index in [9.17, 15) is 9.18 Å². The van der Waals surface area contributed by atoms with E-state index in [-0.39, 0.29) is 17.8 Å². The van der Waals surface area contributed by atoms with Gasteiger partial charge in [-0.15, -0.1) is 0 Å². The first-order valence-electron chi connectivity index (χ1n) is 7.04. The van der Waals surface area contributed by atoms with Gasteiger partial charge in [0, 0.05) is 22.0 Å². The largest absolute Gasteiger partial charge is 0.493 e. The van der Waals surface area contributed by atoms with Gasteiger partial charge in [-0.2, -0.15) is 0 Å². The number of carbonyl (C=O) groups excluding carboxylic acids is 1. The number of nitrogens with one attached hydrogen (secondary N) is 1. The quantitative estimate of drug-likeness (QED) is 0.870. The van der Waals surface area contributed by atoms with Crippen molar-refractivity contribution in [2.24, 2.45) is 0 Å². The summed E-state index contributed by atoms with van der Waals surface area (Å²) in [6.45, 7) is 2.21. The van der Waals surface area contributed by atoms with Gasteiger partial charge >= 0.3 is 0 Å². The average Bonchev–Trinajstić information content (AvgIpc) is 2.50. The number of hydrogen-bond donors (Lipinski definition) is 1. The predicted molar refractivity (Wildman–Crippen MR) is 85.6 cm³/mol. The molecule has 1 heterocycles. The molecule has 1 amide bonds. The molecule has 1 N–H and O–H groups in total. The molecule has 0 saturated heterocycles. The molecule has 0 aliphatic carbocycles. The Labute approximate surface area is 136 Å². The number of halogens is 2. The van der Waals surface area contributed by atoms with Crippen molar-refractivity contribution < 1.29 is 13.9 Å². The summed E-state index contributed by atoms with van der Waals surface area (Å²) in [6.07, 6.45) is 0.684. The molecule has 2 aromatic carbocycles. The molecule has 1 aliphatic heterocycles. The first-order valence-corrected chi connectivity index (χ1v) is 7.83. The third kappa shape index (κ3) is 2.99. The van der Waals surface area contributed by atoms with Gasteiger partial charge in [0.2, 0.25) is 0 Å². The zero-order chi connectivity index (χ0) is 15.7. The Hall–Kier alpha value is -1.88. The van der Waals surface area contributed by atoms with Gasteiger partial charge in [-0.25, -0.2) is 4.39 Å². The van der Waals surface area contributed by atoms with Gasteiger partial charge in [0.15, 0.2) is 0 Å². The lowest BCUT2D eigenvalue weighted by Gasteiger charge is -2.27. The Kier molecular flexibility index (Phi) is 4.16. The molecule has 0 aromatic heterocycles. The minimum Gasteiger partial charge on any atom is -0.493 e. The van der Waals surface area contributed by atoms with E-state index in [0.717, 1.165) is 15.8 Å². The van der Waals surface area contributed by atoms with Crippen LogP contribution in [0.15, 0.2) is 40.9 Å². The topological polar surface area (TPSA) is 38.3 Å². The standard InChI is InChI=1S/C17H15BrFNO2/c1-10-2-3-11(8-14(10)19)17(21)20-15-6-7-22-16-5-4-12(18)9-13(15)16/h2-5,8-9,15H,6-7H2,1H3,(H,20,21). The molecule has 2 aromatic rings. The number of amides is 1. The molecule has 0 bridgehead atoms. The Morgan fingerprint density at radius 1 is 1.32 bits per heavy atom. The minimum atomic E-state index is -0.372. The van der Waals surface area contributed by atoms with Crippen LogP contribution in [0.4, 0.5) is 4.39 Å². The molecule has 0 fully saturated rings. The summed E-state index contributed by atoms with van der Waals surface area (Å²) < 4.78 is 20.1. The number of rotatable bonds is 2. The highest BCUT2D eigenvalue weighted by Crippen LogP contribution is 2.34. The number of hydrogen-bond acceptors (Lipinski definition) is 2. The van der Waals surface area contributed by atoms with Crippen LogP contribution in [0.3, 0.4) is 0 Å². The number of fused-ring (bicyclic) bond motifs is 1. The lowest BCUT2D eigenvalue weighted by Crippen LogP contribution is -2.32. The van der Waals surface area contributed by atoms with Crippen LogP contribution in [0.25, 0.3) is 0 Å². The predicted octanol–water partition coefficient (Wildman–Crippen LogP) is 4.15. The molecule has 22 heavy (non-hydrogen) atoms. The van der Waals surface area contributed by atoms with Crippen LogP contribution in [-0.4, -0.2) is 12.5 Å². The molecule has 0 spiro atoms. The number of benzene rings is 2. The van der Waals surface area contributed by atoms with E-state index in [2.05, 4.69) is 21.2 Å². The van der Waals surface area contributed by atoms with Crippen molar-refractivity contribution in [3.8, 4) is 5.75 Å². The van der Waals surface area contributed by atoms with Crippen molar-refractivity contribution in [3.05, 3.63) is 63.4 Å².